The number of amides is 2. The van der Waals surface area contributed by atoms with Gasteiger partial charge in [-0.3, -0.25) is 14.6 Å². The minimum atomic E-state index is -5.08. The SMILES string of the molecule is Cc1ccc(C(=O)N2CCO[C@@H]3C[C@@H](C(=O)NC4CCC4)C[C@H]32)cn1.O=C(O)C(F)(F)F. The molecule has 2 saturated carbocycles. The van der Waals surface area contributed by atoms with Crippen LogP contribution in [0.4, 0.5) is 13.2 Å². The summed E-state index contributed by atoms with van der Waals surface area (Å²) in [6.07, 6.45) is 1.30. The number of rotatable bonds is 3. The van der Waals surface area contributed by atoms with Crippen LogP contribution < -0.4 is 5.32 Å². The highest BCUT2D eigenvalue weighted by molar-refractivity contribution is 5.94. The maximum absolute atomic E-state index is 12.9. The average Bonchev–Trinajstić information content (AvgIpc) is 3.15. The molecule has 1 saturated heterocycles. The number of fused-ring (bicyclic) bond motifs is 1. The summed E-state index contributed by atoms with van der Waals surface area (Å²) in [5, 5.41) is 10.3. The van der Waals surface area contributed by atoms with Gasteiger partial charge in [0.05, 0.1) is 24.3 Å². The van der Waals surface area contributed by atoms with Gasteiger partial charge >= 0.3 is 12.1 Å². The zero-order chi connectivity index (χ0) is 23.5. The van der Waals surface area contributed by atoms with Crippen LogP contribution in [-0.2, 0) is 14.3 Å². The highest BCUT2D eigenvalue weighted by atomic mass is 19.4. The first-order valence-corrected chi connectivity index (χ1v) is 10.5. The van der Waals surface area contributed by atoms with Crippen molar-refractivity contribution in [1.82, 2.24) is 15.2 Å². The normalized spacial score (nSPS) is 25.1. The molecule has 3 fully saturated rings. The van der Waals surface area contributed by atoms with E-state index in [4.69, 9.17) is 14.6 Å². The third-order valence-corrected chi connectivity index (χ3v) is 6.02. The minimum absolute atomic E-state index is 0.00847. The van der Waals surface area contributed by atoms with E-state index in [1.807, 2.05) is 24.0 Å². The predicted molar refractivity (Wildman–Crippen MR) is 106 cm³/mol. The van der Waals surface area contributed by atoms with Gasteiger partial charge in [-0.15, -0.1) is 0 Å². The Kier molecular flexibility index (Phi) is 7.37. The number of aryl methyl sites for hydroxylation is 1. The van der Waals surface area contributed by atoms with Crippen molar-refractivity contribution < 1.29 is 37.4 Å². The molecule has 0 unspecified atom stereocenters. The quantitative estimate of drug-likeness (QED) is 0.721. The van der Waals surface area contributed by atoms with E-state index >= 15 is 0 Å². The topological polar surface area (TPSA) is 109 Å². The van der Waals surface area contributed by atoms with E-state index in [-0.39, 0.29) is 29.9 Å². The molecular weight excluding hydrogens is 431 g/mol. The van der Waals surface area contributed by atoms with Crippen molar-refractivity contribution in [2.75, 3.05) is 13.2 Å². The molecule has 0 bridgehead atoms. The number of ether oxygens (including phenoxy) is 1. The first-order chi connectivity index (χ1) is 15.1. The molecule has 2 amide bonds. The molecular formula is C21H26F3N3O5. The monoisotopic (exact) mass is 457 g/mol. The summed E-state index contributed by atoms with van der Waals surface area (Å²) >= 11 is 0. The van der Waals surface area contributed by atoms with E-state index in [1.54, 1.807) is 6.20 Å². The summed E-state index contributed by atoms with van der Waals surface area (Å²) < 4.78 is 37.6. The lowest BCUT2D eigenvalue weighted by Crippen LogP contribution is -2.51. The number of aliphatic carboxylic acids is 1. The first kappa shape index (κ1) is 24.0. The third-order valence-electron chi connectivity index (χ3n) is 6.02. The maximum atomic E-state index is 12.9. The number of halogens is 3. The molecule has 2 heterocycles. The Hall–Kier alpha value is -2.69. The Morgan fingerprint density at radius 1 is 1.22 bits per heavy atom. The van der Waals surface area contributed by atoms with Crippen molar-refractivity contribution in [2.45, 2.75) is 63.4 Å². The largest absolute Gasteiger partial charge is 0.490 e. The summed E-state index contributed by atoms with van der Waals surface area (Å²) in [5.74, 6) is -2.69. The summed E-state index contributed by atoms with van der Waals surface area (Å²) in [7, 11) is 0. The first-order valence-electron chi connectivity index (χ1n) is 10.5. The zero-order valence-electron chi connectivity index (χ0n) is 17.6. The van der Waals surface area contributed by atoms with Gasteiger partial charge in [-0.05, 0) is 51.2 Å². The highest BCUT2D eigenvalue weighted by Crippen LogP contribution is 2.35. The fourth-order valence-corrected chi connectivity index (χ4v) is 4.05. The van der Waals surface area contributed by atoms with Crippen LogP contribution in [0.2, 0.25) is 0 Å². The number of nitrogens with one attached hydrogen (secondary N) is 1. The van der Waals surface area contributed by atoms with E-state index in [1.165, 1.54) is 6.42 Å². The molecule has 8 nitrogen and oxygen atoms in total. The van der Waals surface area contributed by atoms with Crippen LogP contribution >= 0.6 is 0 Å². The number of aromatic nitrogens is 1. The molecule has 4 rings (SSSR count). The number of hydrogen-bond acceptors (Lipinski definition) is 5. The number of alkyl halides is 3. The van der Waals surface area contributed by atoms with Crippen LogP contribution in [0, 0.1) is 12.8 Å². The van der Waals surface area contributed by atoms with Gasteiger partial charge in [-0.25, -0.2) is 4.79 Å². The van der Waals surface area contributed by atoms with Crippen LogP contribution in [0.3, 0.4) is 0 Å². The molecule has 0 spiro atoms. The number of pyridine rings is 1. The van der Waals surface area contributed by atoms with Gasteiger partial charge in [0.2, 0.25) is 5.91 Å². The second-order valence-corrected chi connectivity index (χ2v) is 8.27. The summed E-state index contributed by atoms with van der Waals surface area (Å²) in [6.45, 7) is 3.01. The fraction of sp³-hybridized carbons (Fsp3) is 0.619. The Morgan fingerprint density at radius 3 is 2.44 bits per heavy atom. The second kappa shape index (κ2) is 9.85. The van der Waals surface area contributed by atoms with Crippen molar-refractivity contribution in [3.8, 4) is 0 Å². The number of nitrogens with zero attached hydrogens (tertiary/aromatic N) is 2. The molecule has 11 heteroatoms. The van der Waals surface area contributed by atoms with E-state index in [9.17, 15) is 22.8 Å². The Morgan fingerprint density at radius 2 is 1.91 bits per heavy atom. The van der Waals surface area contributed by atoms with Gasteiger partial charge in [0.15, 0.2) is 0 Å². The van der Waals surface area contributed by atoms with Gasteiger partial charge in [0.1, 0.15) is 0 Å². The number of carboxylic acids is 1. The highest BCUT2D eigenvalue weighted by Gasteiger charge is 2.45. The minimum Gasteiger partial charge on any atom is -0.475 e. The van der Waals surface area contributed by atoms with Crippen molar-refractivity contribution in [3.05, 3.63) is 29.6 Å². The smallest absolute Gasteiger partial charge is 0.475 e. The number of morpholine rings is 1. The summed E-state index contributed by atoms with van der Waals surface area (Å²) in [4.78, 5) is 40.4. The molecule has 1 aromatic rings. The summed E-state index contributed by atoms with van der Waals surface area (Å²) in [6, 6.07) is 4.02. The lowest BCUT2D eigenvalue weighted by atomic mass is 9.92. The molecule has 0 aromatic carbocycles. The zero-order valence-corrected chi connectivity index (χ0v) is 17.6. The van der Waals surface area contributed by atoms with Crippen LogP contribution in [0.5, 0.6) is 0 Å². The standard InChI is InChI=1S/C19H25N3O3.C2HF3O2/c1-12-5-6-13(11-20-12)19(24)22-7-8-25-17-10-14(9-16(17)22)18(23)21-15-3-2-4-15;3-2(4,5)1(6)7/h5-6,11,14-17H,2-4,7-10H2,1H3,(H,21,23);(H,6,7)/t14-,16+,17+;/m0./s1. The molecule has 3 atom stereocenters. The van der Waals surface area contributed by atoms with Crippen molar-refractivity contribution in [1.29, 1.82) is 0 Å². The molecule has 176 valence electrons. The van der Waals surface area contributed by atoms with E-state index in [0.717, 1.165) is 18.5 Å². The molecule has 1 aliphatic heterocycles. The maximum Gasteiger partial charge on any atom is 0.490 e. The van der Waals surface area contributed by atoms with Crippen molar-refractivity contribution >= 4 is 17.8 Å². The van der Waals surface area contributed by atoms with Crippen LogP contribution in [-0.4, -0.2) is 70.3 Å². The molecule has 0 radical (unpaired) electrons. The molecule has 2 N–H and O–H groups in total. The number of carbonyl (C=O) groups is 3. The third kappa shape index (κ3) is 5.76. The van der Waals surface area contributed by atoms with Gasteiger partial charge in [-0.1, -0.05) is 0 Å². The molecule has 3 aliphatic rings. The van der Waals surface area contributed by atoms with Crippen LogP contribution in [0.15, 0.2) is 18.3 Å². The van der Waals surface area contributed by atoms with Crippen molar-refractivity contribution in [3.63, 3.8) is 0 Å². The lowest BCUT2D eigenvalue weighted by Gasteiger charge is -2.37. The average molecular weight is 457 g/mol. The van der Waals surface area contributed by atoms with E-state index < -0.39 is 12.1 Å². The van der Waals surface area contributed by atoms with Crippen LogP contribution in [0.25, 0.3) is 0 Å². The molecule has 32 heavy (non-hydrogen) atoms. The fourth-order valence-electron chi connectivity index (χ4n) is 4.05. The van der Waals surface area contributed by atoms with Gasteiger partial charge in [0, 0.05) is 30.4 Å². The molecule has 1 aromatic heterocycles. The van der Waals surface area contributed by atoms with Gasteiger partial charge in [0.25, 0.3) is 5.91 Å². The summed E-state index contributed by atoms with van der Waals surface area (Å²) in [5.41, 5.74) is 1.50. The van der Waals surface area contributed by atoms with Gasteiger partial charge < -0.3 is 20.1 Å². The molecule has 2 aliphatic carbocycles. The number of carbonyl (C=O) groups excluding carboxylic acids is 2. The van der Waals surface area contributed by atoms with Crippen LogP contribution in [0.1, 0.15) is 48.2 Å². The van der Waals surface area contributed by atoms with E-state index in [2.05, 4.69) is 10.3 Å². The van der Waals surface area contributed by atoms with E-state index in [0.29, 0.717) is 37.6 Å². The van der Waals surface area contributed by atoms with Gasteiger partial charge in [-0.2, -0.15) is 13.2 Å². The number of carboxylic acid groups (broad SMARTS) is 1. The Balaban J connectivity index is 0.000000360. The number of hydrogen-bond donors (Lipinski definition) is 2. The Bertz CT molecular complexity index is 842. The lowest BCUT2D eigenvalue weighted by molar-refractivity contribution is -0.192. The van der Waals surface area contributed by atoms with Crippen molar-refractivity contribution in [2.24, 2.45) is 5.92 Å². The Labute approximate surface area is 183 Å². The predicted octanol–water partition coefficient (Wildman–Crippen LogP) is 2.31. The second-order valence-electron chi connectivity index (χ2n) is 8.27.